The molecule has 0 unspecified atom stereocenters. The van der Waals surface area contributed by atoms with Crippen molar-refractivity contribution >= 4 is 16.6 Å². The van der Waals surface area contributed by atoms with E-state index in [1.807, 2.05) is 24.3 Å². The Balaban J connectivity index is 1.23. The Bertz CT molecular complexity index is 1050. The molecule has 0 saturated carbocycles. The van der Waals surface area contributed by atoms with E-state index in [1.54, 1.807) is 13.3 Å². The number of fused-ring (bicyclic) bond motifs is 1. The molecule has 1 aliphatic heterocycles. The maximum absolute atomic E-state index is 13.2. The number of nitrogens with one attached hydrogen (secondary N) is 2. The third-order valence-electron chi connectivity index (χ3n) is 6.11. The summed E-state index contributed by atoms with van der Waals surface area (Å²) in [5.41, 5.74) is 2.14. The van der Waals surface area contributed by atoms with Crippen LogP contribution in [0.5, 0.6) is 5.75 Å². The summed E-state index contributed by atoms with van der Waals surface area (Å²) >= 11 is 0. The standard InChI is InChI=1S/C25H30F2N4O2/c1-33-21-2-3-24-23(15-21)22(4-7-30-24)25(32)16-31-10-5-19(6-11-31)28-8-9-29-20-13-17(26)12-18(27)14-20/h2-4,7,12-15,19,25,28-29,32H,5-6,8-11,16H2,1H3/t25-/m0/s1. The van der Waals surface area contributed by atoms with Gasteiger partial charge in [-0.3, -0.25) is 4.98 Å². The molecule has 1 aromatic heterocycles. The highest BCUT2D eigenvalue weighted by molar-refractivity contribution is 5.83. The van der Waals surface area contributed by atoms with E-state index in [2.05, 4.69) is 20.5 Å². The minimum Gasteiger partial charge on any atom is -0.497 e. The highest BCUT2D eigenvalue weighted by Gasteiger charge is 2.22. The van der Waals surface area contributed by atoms with Gasteiger partial charge < -0.3 is 25.4 Å². The van der Waals surface area contributed by atoms with Gasteiger partial charge in [0.1, 0.15) is 17.4 Å². The first-order valence-corrected chi connectivity index (χ1v) is 11.3. The number of anilines is 1. The van der Waals surface area contributed by atoms with Crippen molar-refractivity contribution in [2.24, 2.45) is 0 Å². The van der Waals surface area contributed by atoms with E-state index >= 15 is 0 Å². The third kappa shape index (κ3) is 6.16. The number of aliphatic hydroxyl groups is 1. The number of aromatic nitrogens is 1. The second kappa shape index (κ2) is 10.9. The molecule has 3 aromatic rings. The first-order valence-electron chi connectivity index (χ1n) is 11.3. The number of nitrogens with zero attached hydrogens (tertiary/aromatic N) is 2. The average Bonchev–Trinajstić information content (AvgIpc) is 2.81. The molecule has 8 heteroatoms. The van der Waals surface area contributed by atoms with Crippen LogP contribution in [0, 0.1) is 11.6 Å². The number of halogens is 2. The molecule has 1 aliphatic rings. The topological polar surface area (TPSA) is 69.7 Å². The summed E-state index contributed by atoms with van der Waals surface area (Å²) < 4.78 is 31.8. The van der Waals surface area contributed by atoms with Gasteiger partial charge >= 0.3 is 0 Å². The van der Waals surface area contributed by atoms with Gasteiger partial charge in [-0.1, -0.05) is 0 Å². The van der Waals surface area contributed by atoms with E-state index in [1.165, 1.54) is 12.1 Å². The third-order valence-corrected chi connectivity index (χ3v) is 6.11. The Labute approximate surface area is 192 Å². The Morgan fingerprint density at radius 3 is 2.58 bits per heavy atom. The molecule has 176 valence electrons. The summed E-state index contributed by atoms with van der Waals surface area (Å²) in [4.78, 5) is 6.67. The minimum atomic E-state index is -0.608. The van der Waals surface area contributed by atoms with Gasteiger partial charge in [0, 0.05) is 49.0 Å². The van der Waals surface area contributed by atoms with Crippen molar-refractivity contribution in [3.05, 3.63) is 65.9 Å². The molecule has 0 spiro atoms. The van der Waals surface area contributed by atoms with Gasteiger partial charge in [-0.2, -0.15) is 0 Å². The van der Waals surface area contributed by atoms with Crippen LogP contribution in [-0.4, -0.2) is 60.9 Å². The van der Waals surface area contributed by atoms with Gasteiger partial charge in [-0.05, 0) is 67.9 Å². The van der Waals surface area contributed by atoms with Gasteiger partial charge in [0.2, 0.25) is 0 Å². The summed E-state index contributed by atoms with van der Waals surface area (Å²) in [5, 5.41) is 18.4. The second-order valence-electron chi connectivity index (χ2n) is 8.41. The van der Waals surface area contributed by atoms with Crippen molar-refractivity contribution in [1.29, 1.82) is 0 Å². The monoisotopic (exact) mass is 456 g/mol. The highest BCUT2D eigenvalue weighted by Crippen LogP contribution is 2.27. The number of rotatable bonds is 9. The van der Waals surface area contributed by atoms with Crippen molar-refractivity contribution in [2.75, 3.05) is 45.2 Å². The molecule has 33 heavy (non-hydrogen) atoms. The van der Waals surface area contributed by atoms with Crippen molar-refractivity contribution in [1.82, 2.24) is 15.2 Å². The van der Waals surface area contributed by atoms with Crippen molar-refractivity contribution in [2.45, 2.75) is 25.0 Å². The molecular weight excluding hydrogens is 426 g/mol. The molecule has 1 fully saturated rings. The number of aliphatic hydroxyl groups excluding tert-OH is 1. The number of hydrogen-bond acceptors (Lipinski definition) is 6. The summed E-state index contributed by atoms with van der Waals surface area (Å²) in [6.45, 7) is 3.64. The average molecular weight is 457 g/mol. The quantitative estimate of drug-likeness (QED) is 0.427. The van der Waals surface area contributed by atoms with Gasteiger partial charge in [0.05, 0.1) is 18.7 Å². The molecule has 0 radical (unpaired) electrons. The fraction of sp³-hybridized carbons (Fsp3) is 0.400. The number of benzene rings is 2. The second-order valence-corrected chi connectivity index (χ2v) is 8.41. The van der Waals surface area contributed by atoms with Crippen molar-refractivity contribution < 1.29 is 18.6 Å². The van der Waals surface area contributed by atoms with E-state index in [9.17, 15) is 13.9 Å². The minimum absolute atomic E-state index is 0.385. The highest BCUT2D eigenvalue weighted by atomic mass is 19.1. The lowest BCUT2D eigenvalue weighted by atomic mass is 10.0. The van der Waals surface area contributed by atoms with E-state index in [-0.39, 0.29) is 0 Å². The lowest BCUT2D eigenvalue weighted by molar-refractivity contribution is 0.0952. The maximum Gasteiger partial charge on any atom is 0.128 e. The number of ether oxygens (including phenoxy) is 1. The zero-order chi connectivity index (χ0) is 23.2. The van der Waals surface area contributed by atoms with Gasteiger partial charge in [0.25, 0.3) is 0 Å². The van der Waals surface area contributed by atoms with Crippen LogP contribution in [0.2, 0.25) is 0 Å². The van der Waals surface area contributed by atoms with E-state index in [4.69, 9.17) is 4.74 Å². The molecular formula is C25H30F2N4O2. The largest absolute Gasteiger partial charge is 0.497 e. The van der Waals surface area contributed by atoms with Gasteiger partial charge in [-0.25, -0.2) is 8.78 Å². The lowest BCUT2D eigenvalue weighted by Gasteiger charge is -2.33. The zero-order valence-corrected chi connectivity index (χ0v) is 18.7. The summed E-state index contributed by atoms with van der Waals surface area (Å²) in [5.74, 6) is -0.425. The van der Waals surface area contributed by atoms with Gasteiger partial charge in [-0.15, -0.1) is 0 Å². The SMILES string of the molecule is COc1ccc2nccc([C@@H](O)CN3CCC(NCCNc4cc(F)cc(F)c4)CC3)c2c1. The first kappa shape index (κ1) is 23.4. The predicted molar refractivity (Wildman–Crippen MR) is 126 cm³/mol. The molecule has 0 bridgehead atoms. The molecule has 1 atom stereocenters. The molecule has 1 saturated heterocycles. The van der Waals surface area contributed by atoms with Crippen LogP contribution in [0.1, 0.15) is 24.5 Å². The normalized spacial score (nSPS) is 16.1. The number of methoxy groups -OCH3 is 1. The summed E-state index contributed by atoms with van der Waals surface area (Å²) in [7, 11) is 1.63. The number of likely N-dealkylation sites (tertiary alicyclic amines) is 1. The fourth-order valence-corrected chi connectivity index (χ4v) is 4.37. The lowest BCUT2D eigenvalue weighted by Crippen LogP contribution is -2.44. The molecule has 0 amide bonds. The number of piperidine rings is 1. The van der Waals surface area contributed by atoms with Crippen LogP contribution in [0.3, 0.4) is 0 Å². The molecule has 2 heterocycles. The Kier molecular flexibility index (Phi) is 7.69. The van der Waals surface area contributed by atoms with Crippen LogP contribution < -0.4 is 15.4 Å². The van der Waals surface area contributed by atoms with Gasteiger partial charge in [0.15, 0.2) is 0 Å². The first-order chi connectivity index (χ1) is 16.0. The van der Waals surface area contributed by atoms with Crippen LogP contribution in [0.4, 0.5) is 14.5 Å². The number of β-amino-alcohol motifs (C(OH)–C–C–N with tert-alkyl or cyclic N) is 1. The molecule has 2 aromatic carbocycles. The number of hydrogen-bond donors (Lipinski definition) is 3. The fourth-order valence-electron chi connectivity index (χ4n) is 4.37. The summed E-state index contributed by atoms with van der Waals surface area (Å²) in [6.07, 6.45) is 3.08. The van der Waals surface area contributed by atoms with E-state index in [0.717, 1.165) is 54.2 Å². The molecule has 4 rings (SSSR count). The Morgan fingerprint density at radius 1 is 1.09 bits per heavy atom. The molecule has 3 N–H and O–H groups in total. The maximum atomic E-state index is 13.2. The van der Waals surface area contributed by atoms with Crippen LogP contribution in [-0.2, 0) is 0 Å². The predicted octanol–water partition coefficient (Wildman–Crippen LogP) is 3.72. The molecule has 0 aliphatic carbocycles. The van der Waals surface area contributed by atoms with Crippen LogP contribution >= 0.6 is 0 Å². The number of pyridine rings is 1. The molecule has 6 nitrogen and oxygen atoms in total. The van der Waals surface area contributed by atoms with E-state index in [0.29, 0.717) is 31.4 Å². The van der Waals surface area contributed by atoms with Crippen molar-refractivity contribution in [3.8, 4) is 5.75 Å². The smallest absolute Gasteiger partial charge is 0.128 e. The van der Waals surface area contributed by atoms with E-state index < -0.39 is 17.7 Å². The Hall–Kier alpha value is -2.81. The van der Waals surface area contributed by atoms with Crippen LogP contribution in [0.15, 0.2) is 48.7 Å². The summed E-state index contributed by atoms with van der Waals surface area (Å²) in [6, 6.07) is 11.4. The van der Waals surface area contributed by atoms with Crippen LogP contribution in [0.25, 0.3) is 10.9 Å². The Morgan fingerprint density at radius 2 is 1.85 bits per heavy atom. The van der Waals surface area contributed by atoms with Crippen molar-refractivity contribution in [3.63, 3.8) is 0 Å². The zero-order valence-electron chi connectivity index (χ0n) is 18.7.